The third kappa shape index (κ3) is 23.0. The van der Waals surface area contributed by atoms with E-state index in [2.05, 4.69) is 31.8 Å². The number of hydrogen-bond acceptors (Lipinski definition) is 18. The standard InChI is InChI=1S/C41H59NO17/c1-26(2)38(47)51-21-13-9-17-31(43)56-30-25-55-37(42-59-34(46)20-12-16-24-54-41(50)29(7)8)36(58-33(45)19-11-15-23-53-40(49)28(5)6)35(30)57-32(44)18-10-14-22-52-39(48)27(3)4/h30,35-37,42H,1,3,5,7,9-25H2,2,4,6,8H3/t30-,35+,36-,37+/m1/s1. The van der Waals surface area contributed by atoms with Gasteiger partial charge >= 0.3 is 47.8 Å². The fraction of sp³-hybridized carbons (Fsp3) is 0.610. The van der Waals surface area contributed by atoms with Crippen molar-refractivity contribution in [2.75, 3.05) is 33.0 Å². The maximum Gasteiger partial charge on any atom is 0.333 e. The summed E-state index contributed by atoms with van der Waals surface area (Å²) in [5.74, 6) is -5.29. The first-order valence-corrected chi connectivity index (χ1v) is 19.4. The second-order valence-corrected chi connectivity index (χ2v) is 13.8. The smallest absolute Gasteiger partial charge is 0.333 e. The predicted molar refractivity (Wildman–Crippen MR) is 207 cm³/mol. The maximum atomic E-state index is 13.2. The lowest BCUT2D eigenvalue weighted by Crippen LogP contribution is -2.61. The molecule has 0 radical (unpaired) electrons. The van der Waals surface area contributed by atoms with Crippen molar-refractivity contribution in [1.82, 2.24) is 5.48 Å². The van der Waals surface area contributed by atoms with Crippen molar-refractivity contribution in [1.29, 1.82) is 0 Å². The molecule has 1 N–H and O–H groups in total. The molecule has 18 nitrogen and oxygen atoms in total. The maximum absolute atomic E-state index is 13.2. The zero-order chi connectivity index (χ0) is 44.3. The molecule has 1 aliphatic rings. The second-order valence-electron chi connectivity index (χ2n) is 13.8. The van der Waals surface area contributed by atoms with Crippen molar-refractivity contribution in [3.8, 4) is 0 Å². The molecule has 0 aliphatic carbocycles. The summed E-state index contributed by atoms with van der Waals surface area (Å²) in [6.45, 7) is 19.8. The van der Waals surface area contributed by atoms with Crippen molar-refractivity contribution in [2.24, 2.45) is 0 Å². The lowest BCUT2D eigenvalue weighted by Gasteiger charge is -2.40. The third-order valence-electron chi connectivity index (χ3n) is 7.96. The van der Waals surface area contributed by atoms with Crippen LogP contribution in [0.5, 0.6) is 0 Å². The molecule has 0 aromatic rings. The van der Waals surface area contributed by atoms with Gasteiger partial charge in [0.15, 0.2) is 24.5 Å². The molecule has 0 aromatic heterocycles. The van der Waals surface area contributed by atoms with E-state index in [1.165, 1.54) is 27.7 Å². The number of rotatable bonds is 29. The molecule has 1 fully saturated rings. The zero-order valence-electron chi connectivity index (χ0n) is 34.6. The van der Waals surface area contributed by atoms with E-state index in [4.69, 9.17) is 42.7 Å². The van der Waals surface area contributed by atoms with E-state index in [-0.39, 0.29) is 107 Å². The van der Waals surface area contributed by atoms with Crippen molar-refractivity contribution in [2.45, 2.75) is 129 Å². The fourth-order valence-electron chi connectivity index (χ4n) is 4.71. The molecule has 0 aromatic carbocycles. The molecular formula is C41H59NO17. The van der Waals surface area contributed by atoms with E-state index in [9.17, 15) is 38.4 Å². The predicted octanol–water partition coefficient (Wildman–Crippen LogP) is 4.28. The van der Waals surface area contributed by atoms with Gasteiger partial charge in [0.1, 0.15) is 0 Å². The van der Waals surface area contributed by atoms with Crippen LogP contribution in [-0.4, -0.2) is 105 Å². The molecule has 0 bridgehead atoms. The molecule has 330 valence electrons. The molecule has 59 heavy (non-hydrogen) atoms. The molecule has 4 atom stereocenters. The van der Waals surface area contributed by atoms with Crippen molar-refractivity contribution < 1.29 is 81.1 Å². The van der Waals surface area contributed by atoms with Gasteiger partial charge in [-0.05, 0) is 79.1 Å². The molecule has 1 rings (SSSR count). The molecular weight excluding hydrogens is 778 g/mol. The van der Waals surface area contributed by atoms with E-state index in [1.54, 1.807) is 0 Å². The van der Waals surface area contributed by atoms with Gasteiger partial charge in [-0.2, -0.15) is 0 Å². The SMILES string of the molecule is C=C(C)C(=O)OCCCCC(=O)ON[C@H]1OC[C@@H](OC(=O)CCCCOC(=O)C(=C)C)[C@H](OC(=O)CCCCOC(=O)C(=C)C)[C@H]1OC(=O)CCCCOC(=O)C(=C)C. The minimum absolute atomic E-state index is 0.0168. The van der Waals surface area contributed by atoms with Crippen LogP contribution >= 0.6 is 0 Å². The van der Waals surface area contributed by atoms with Crippen LogP contribution in [0.4, 0.5) is 0 Å². The Balaban J connectivity index is 3.13. The van der Waals surface area contributed by atoms with Gasteiger partial charge in [-0.1, -0.05) is 26.3 Å². The minimum Gasteiger partial charge on any atom is -0.462 e. The Morgan fingerprint density at radius 1 is 0.475 bits per heavy atom. The van der Waals surface area contributed by atoms with Gasteiger partial charge in [0.25, 0.3) is 0 Å². The first kappa shape index (κ1) is 51.7. The third-order valence-corrected chi connectivity index (χ3v) is 7.96. The van der Waals surface area contributed by atoms with Crippen LogP contribution in [0.3, 0.4) is 0 Å². The molecule has 0 unspecified atom stereocenters. The number of nitrogens with one attached hydrogen (secondary N) is 1. The van der Waals surface area contributed by atoms with Gasteiger partial charge in [-0.3, -0.25) is 19.2 Å². The van der Waals surface area contributed by atoms with Crippen molar-refractivity contribution in [3.63, 3.8) is 0 Å². The van der Waals surface area contributed by atoms with E-state index in [0.29, 0.717) is 25.7 Å². The average molecular weight is 838 g/mol. The van der Waals surface area contributed by atoms with Crippen LogP contribution < -0.4 is 5.48 Å². The Morgan fingerprint density at radius 2 is 0.797 bits per heavy atom. The zero-order valence-corrected chi connectivity index (χ0v) is 34.6. The summed E-state index contributed by atoms with van der Waals surface area (Å²) in [6, 6.07) is 0. The molecule has 1 heterocycles. The Hall–Kier alpha value is -5.36. The lowest BCUT2D eigenvalue weighted by molar-refractivity contribution is -0.248. The minimum atomic E-state index is -1.52. The summed E-state index contributed by atoms with van der Waals surface area (Å²) in [5.41, 5.74) is 3.33. The van der Waals surface area contributed by atoms with Gasteiger partial charge in [-0.25, -0.2) is 19.2 Å². The Bertz CT molecular complexity index is 1520. The molecule has 1 saturated heterocycles. The summed E-state index contributed by atoms with van der Waals surface area (Å²) in [7, 11) is 0. The van der Waals surface area contributed by atoms with Crippen LogP contribution in [-0.2, 0) is 81.1 Å². The highest BCUT2D eigenvalue weighted by Crippen LogP contribution is 2.25. The van der Waals surface area contributed by atoms with Crippen LogP contribution in [0.1, 0.15) is 105 Å². The topological polar surface area (TPSA) is 232 Å². The first-order chi connectivity index (χ1) is 27.9. The highest BCUT2D eigenvalue weighted by Gasteiger charge is 2.48. The molecule has 18 heteroatoms. The van der Waals surface area contributed by atoms with E-state index < -0.39 is 72.3 Å². The van der Waals surface area contributed by atoms with Crippen molar-refractivity contribution >= 4 is 47.8 Å². The van der Waals surface area contributed by atoms with E-state index in [0.717, 1.165) is 0 Å². The van der Waals surface area contributed by atoms with E-state index >= 15 is 0 Å². The first-order valence-electron chi connectivity index (χ1n) is 19.4. The number of carbonyl (C=O) groups excluding carboxylic acids is 8. The van der Waals surface area contributed by atoms with Gasteiger partial charge in [0.05, 0.1) is 33.0 Å². The fourth-order valence-corrected chi connectivity index (χ4v) is 4.71. The number of unbranched alkanes of at least 4 members (excludes halogenated alkanes) is 4. The normalized spacial score (nSPS) is 16.9. The number of carbonyl (C=O) groups is 8. The van der Waals surface area contributed by atoms with Crippen LogP contribution in [0.15, 0.2) is 48.6 Å². The highest BCUT2D eigenvalue weighted by atomic mass is 16.7. The summed E-state index contributed by atoms with van der Waals surface area (Å²) < 4.78 is 43.2. The summed E-state index contributed by atoms with van der Waals surface area (Å²) >= 11 is 0. The molecule has 0 saturated carbocycles. The van der Waals surface area contributed by atoms with Crippen LogP contribution in [0, 0.1) is 0 Å². The number of hydrogen-bond donors (Lipinski definition) is 1. The lowest BCUT2D eigenvalue weighted by atomic mass is 10.0. The largest absolute Gasteiger partial charge is 0.462 e. The summed E-state index contributed by atoms with van der Waals surface area (Å²) in [5, 5.41) is 0. The Kier molecular flexibility index (Phi) is 25.3. The number of esters is 7. The van der Waals surface area contributed by atoms with Gasteiger partial charge in [0, 0.05) is 48.0 Å². The quantitative estimate of drug-likeness (QED) is 0.0364. The van der Waals surface area contributed by atoms with Gasteiger partial charge in [-0.15, -0.1) is 5.48 Å². The number of ether oxygens (including phenoxy) is 8. The monoisotopic (exact) mass is 837 g/mol. The van der Waals surface area contributed by atoms with Crippen molar-refractivity contribution in [3.05, 3.63) is 48.6 Å². The summed E-state index contributed by atoms with van der Waals surface area (Å²) in [6.07, 6.45) is -3.93. The van der Waals surface area contributed by atoms with Gasteiger partial charge < -0.3 is 42.7 Å². The van der Waals surface area contributed by atoms with Gasteiger partial charge in [0.2, 0.25) is 0 Å². The Morgan fingerprint density at radius 3 is 1.15 bits per heavy atom. The molecule has 0 amide bonds. The van der Waals surface area contributed by atoms with Crippen LogP contribution in [0.2, 0.25) is 0 Å². The molecule has 1 aliphatic heterocycles. The molecule has 0 spiro atoms. The van der Waals surface area contributed by atoms with E-state index in [1.807, 2.05) is 0 Å². The average Bonchev–Trinajstić information content (AvgIpc) is 3.17. The Labute approximate surface area is 344 Å². The van der Waals surface area contributed by atoms with Crippen LogP contribution in [0.25, 0.3) is 0 Å². The second kappa shape index (κ2) is 28.9. The number of hydroxylamine groups is 1. The summed E-state index contributed by atoms with van der Waals surface area (Å²) in [4.78, 5) is 104. The highest BCUT2D eigenvalue weighted by molar-refractivity contribution is 5.88.